The van der Waals surface area contributed by atoms with Gasteiger partial charge in [0.15, 0.2) is 0 Å². The zero-order chi connectivity index (χ0) is 12.3. The average molecular weight is 343 g/mol. The maximum absolute atomic E-state index is 12.3. The summed E-state index contributed by atoms with van der Waals surface area (Å²) in [7, 11) is 0. The Balaban J connectivity index is 2.06. The molecule has 1 heterocycles. The van der Waals surface area contributed by atoms with Crippen molar-refractivity contribution >= 4 is 28.5 Å². The molecule has 0 aromatic heterocycles. The summed E-state index contributed by atoms with van der Waals surface area (Å²) in [6, 6.07) is 7.85. The van der Waals surface area contributed by atoms with Crippen LogP contribution in [-0.2, 0) is 0 Å². The number of likely N-dealkylation sites (tertiary alicyclic amines) is 1. The van der Waals surface area contributed by atoms with Crippen LogP contribution in [0.2, 0.25) is 0 Å². The highest BCUT2D eigenvalue weighted by Crippen LogP contribution is 2.18. The van der Waals surface area contributed by atoms with Gasteiger partial charge in [0.2, 0.25) is 0 Å². The molecule has 0 bridgehead atoms. The molecule has 3 heteroatoms. The molecule has 0 radical (unpaired) electrons. The van der Waals surface area contributed by atoms with Crippen LogP contribution in [0.15, 0.2) is 24.3 Å². The lowest BCUT2D eigenvalue weighted by atomic mass is 10.0. The minimum Gasteiger partial charge on any atom is -0.339 e. The van der Waals surface area contributed by atoms with Crippen LogP contribution in [0.4, 0.5) is 0 Å². The van der Waals surface area contributed by atoms with E-state index in [4.69, 9.17) is 0 Å². The Morgan fingerprint density at radius 3 is 2.65 bits per heavy atom. The lowest BCUT2D eigenvalue weighted by Gasteiger charge is -2.20. The third kappa shape index (κ3) is 3.44. The van der Waals surface area contributed by atoms with E-state index in [2.05, 4.69) is 29.5 Å². The third-order valence-electron chi connectivity index (χ3n) is 3.40. The van der Waals surface area contributed by atoms with Gasteiger partial charge in [-0.15, -0.1) is 0 Å². The zero-order valence-electron chi connectivity index (χ0n) is 10.2. The summed E-state index contributed by atoms with van der Waals surface area (Å²) >= 11 is 2.26. The second-order valence-electron chi connectivity index (χ2n) is 4.84. The molecule has 1 aromatic rings. The van der Waals surface area contributed by atoms with E-state index in [9.17, 15) is 4.79 Å². The van der Waals surface area contributed by atoms with Crippen LogP contribution in [0, 0.1) is 9.49 Å². The molecule has 1 fully saturated rings. The molecule has 1 amide bonds. The minimum absolute atomic E-state index is 0.190. The van der Waals surface area contributed by atoms with Gasteiger partial charge in [0.25, 0.3) is 5.91 Å². The van der Waals surface area contributed by atoms with Gasteiger partial charge in [-0.3, -0.25) is 4.79 Å². The molecule has 0 spiro atoms. The summed E-state index contributed by atoms with van der Waals surface area (Å²) in [6.07, 6.45) is 3.52. The lowest BCUT2D eigenvalue weighted by Crippen LogP contribution is -2.31. The van der Waals surface area contributed by atoms with Gasteiger partial charge in [-0.05, 0) is 72.0 Å². The first-order valence-corrected chi connectivity index (χ1v) is 7.29. The van der Waals surface area contributed by atoms with Gasteiger partial charge in [0.1, 0.15) is 0 Å². The Morgan fingerprint density at radius 1 is 1.24 bits per heavy atom. The average Bonchev–Trinajstić information content (AvgIpc) is 2.54. The smallest absolute Gasteiger partial charge is 0.253 e. The van der Waals surface area contributed by atoms with E-state index in [1.807, 2.05) is 29.2 Å². The molecular formula is C14H18INO. The molecule has 1 saturated heterocycles. The molecule has 1 unspecified atom stereocenters. The van der Waals surface area contributed by atoms with Crippen LogP contribution in [0.1, 0.15) is 36.5 Å². The fourth-order valence-corrected chi connectivity index (χ4v) is 2.60. The summed E-state index contributed by atoms with van der Waals surface area (Å²) in [5, 5.41) is 0. The number of hydrogen-bond donors (Lipinski definition) is 0. The number of nitrogens with zero attached hydrogens (tertiary/aromatic N) is 1. The first-order valence-electron chi connectivity index (χ1n) is 6.21. The normalized spacial score (nSPS) is 21.1. The van der Waals surface area contributed by atoms with Gasteiger partial charge in [-0.2, -0.15) is 0 Å². The molecule has 0 saturated carbocycles. The fourth-order valence-electron chi connectivity index (χ4n) is 2.24. The summed E-state index contributed by atoms with van der Waals surface area (Å²) in [6.45, 7) is 4.10. The Labute approximate surface area is 117 Å². The van der Waals surface area contributed by atoms with Gasteiger partial charge in [-0.25, -0.2) is 0 Å². The predicted octanol–water partition coefficient (Wildman–Crippen LogP) is 3.55. The first-order chi connectivity index (χ1) is 8.16. The molecule has 2 nitrogen and oxygen atoms in total. The topological polar surface area (TPSA) is 20.3 Å². The van der Waals surface area contributed by atoms with E-state index in [1.54, 1.807) is 0 Å². The van der Waals surface area contributed by atoms with Crippen molar-refractivity contribution in [2.75, 3.05) is 13.1 Å². The van der Waals surface area contributed by atoms with Gasteiger partial charge in [0.05, 0.1) is 0 Å². The third-order valence-corrected chi connectivity index (χ3v) is 4.11. The molecule has 1 atom stereocenters. The van der Waals surface area contributed by atoms with Gasteiger partial charge < -0.3 is 4.90 Å². The number of benzene rings is 1. The Morgan fingerprint density at radius 2 is 1.94 bits per heavy atom. The van der Waals surface area contributed by atoms with E-state index in [-0.39, 0.29) is 5.91 Å². The maximum Gasteiger partial charge on any atom is 0.253 e. The Bertz CT molecular complexity index is 388. The molecule has 1 aliphatic rings. The molecule has 17 heavy (non-hydrogen) atoms. The predicted molar refractivity (Wildman–Crippen MR) is 78.1 cm³/mol. The number of carbonyl (C=O) groups excluding carboxylic acids is 1. The van der Waals surface area contributed by atoms with Crippen LogP contribution in [-0.4, -0.2) is 23.9 Å². The van der Waals surface area contributed by atoms with Crippen molar-refractivity contribution in [2.24, 2.45) is 5.92 Å². The Hall–Kier alpha value is -0.580. The molecule has 0 N–H and O–H groups in total. The highest BCUT2D eigenvalue weighted by atomic mass is 127. The second-order valence-corrected chi connectivity index (χ2v) is 6.08. The largest absolute Gasteiger partial charge is 0.339 e. The van der Waals surface area contributed by atoms with Crippen molar-refractivity contribution in [3.63, 3.8) is 0 Å². The molecular weight excluding hydrogens is 325 g/mol. The summed E-state index contributed by atoms with van der Waals surface area (Å²) < 4.78 is 1.17. The second kappa shape index (κ2) is 5.85. The van der Waals surface area contributed by atoms with Crippen LogP contribution in [0.5, 0.6) is 0 Å². The van der Waals surface area contributed by atoms with Crippen LogP contribution in [0.25, 0.3) is 0 Å². The zero-order valence-corrected chi connectivity index (χ0v) is 12.3. The van der Waals surface area contributed by atoms with E-state index in [1.165, 1.54) is 9.99 Å². The van der Waals surface area contributed by atoms with Crippen molar-refractivity contribution < 1.29 is 4.79 Å². The molecule has 2 rings (SSSR count). The standard InChI is InChI=1S/C14H18INO/c1-11-3-2-9-16(10-8-11)14(17)12-4-6-13(15)7-5-12/h4-7,11H,2-3,8-10H2,1H3. The molecule has 92 valence electrons. The molecule has 1 aromatic carbocycles. The van der Waals surface area contributed by atoms with Crippen molar-refractivity contribution in [3.8, 4) is 0 Å². The van der Waals surface area contributed by atoms with Crippen molar-refractivity contribution in [3.05, 3.63) is 33.4 Å². The van der Waals surface area contributed by atoms with Crippen LogP contribution >= 0.6 is 22.6 Å². The highest BCUT2D eigenvalue weighted by molar-refractivity contribution is 14.1. The van der Waals surface area contributed by atoms with E-state index in [0.29, 0.717) is 0 Å². The van der Waals surface area contributed by atoms with Crippen LogP contribution < -0.4 is 0 Å². The van der Waals surface area contributed by atoms with E-state index < -0.39 is 0 Å². The Kier molecular flexibility index (Phi) is 4.42. The van der Waals surface area contributed by atoms with Gasteiger partial charge in [-0.1, -0.05) is 6.92 Å². The van der Waals surface area contributed by atoms with Gasteiger partial charge >= 0.3 is 0 Å². The minimum atomic E-state index is 0.190. The number of amides is 1. The van der Waals surface area contributed by atoms with E-state index in [0.717, 1.165) is 37.4 Å². The monoisotopic (exact) mass is 343 g/mol. The number of halogens is 1. The summed E-state index contributed by atoms with van der Waals surface area (Å²) in [5.41, 5.74) is 0.819. The van der Waals surface area contributed by atoms with Crippen molar-refractivity contribution in [1.29, 1.82) is 0 Å². The number of hydrogen-bond acceptors (Lipinski definition) is 1. The van der Waals surface area contributed by atoms with Crippen molar-refractivity contribution in [1.82, 2.24) is 4.90 Å². The van der Waals surface area contributed by atoms with Crippen LogP contribution in [0.3, 0.4) is 0 Å². The van der Waals surface area contributed by atoms with Crippen molar-refractivity contribution in [2.45, 2.75) is 26.2 Å². The fraction of sp³-hybridized carbons (Fsp3) is 0.500. The summed E-state index contributed by atoms with van der Waals surface area (Å²) in [5.74, 6) is 0.944. The van der Waals surface area contributed by atoms with Gasteiger partial charge in [0, 0.05) is 22.2 Å². The number of rotatable bonds is 1. The first kappa shape index (κ1) is 12.9. The SMILES string of the molecule is CC1CCCN(C(=O)c2ccc(I)cc2)CC1. The maximum atomic E-state index is 12.3. The summed E-state index contributed by atoms with van der Waals surface area (Å²) in [4.78, 5) is 14.3. The lowest BCUT2D eigenvalue weighted by molar-refractivity contribution is 0.0760. The highest BCUT2D eigenvalue weighted by Gasteiger charge is 2.19. The quantitative estimate of drug-likeness (QED) is 0.714. The number of carbonyl (C=O) groups is 1. The van der Waals surface area contributed by atoms with E-state index >= 15 is 0 Å². The molecule has 1 aliphatic heterocycles. The molecule has 0 aliphatic carbocycles.